The predicted octanol–water partition coefficient (Wildman–Crippen LogP) is 2.49. The van der Waals surface area contributed by atoms with E-state index in [4.69, 9.17) is 10.00 Å². The third kappa shape index (κ3) is 2.74. The van der Waals surface area contributed by atoms with Crippen LogP contribution in [0.5, 0.6) is 5.88 Å². The Kier molecular flexibility index (Phi) is 3.72. The number of pyridine rings is 2. The molecular formula is C13H12N4O. The first-order valence-corrected chi connectivity index (χ1v) is 5.54. The van der Waals surface area contributed by atoms with Gasteiger partial charge >= 0.3 is 0 Å². The summed E-state index contributed by atoms with van der Waals surface area (Å²) in [6.07, 6.45) is 3.24. The summed E-state index contributed by atoms with van der Waals surface area (Å²) in [5.74, 6) is 0.578. The number of hydrogen-bond acceptors (Lipinski definition) is 5. The lowest BCUT2D eigenvalue weighted by Gasteiger charge is -2.07. The summed E-state index contributed by atoms with van der Waals surface area (Å²) in [4.78, 5) is 8.10. The highest BCUT2D eigenvalue weighted by Crippen LogP contribution is 2.19. The molecule has 0 radical (unpaired) electrons. The second-order valence-corrected chi connectivity index (χ2v) is 3.45. The molecule has 0 atom stereocenters. The van der Waals surface area contributed by atoms with E-state index in [0.717, 1.165) is 5.69 Å². The number of hydrogen-bond donors (Lipinski definition) is 1. The molecule has 0 fully saturated rings. The molecular weight excluding hydrogens is 228 g/mol. The first-order chi connectivity index (χ1) is 8.83. The van der Waals surface area contributed by atoms with Crippen LogP contribution in [-0.4, -0.2) is 16.6 Å². The summed E-state index contributed by atoms with van der Waals surface area (Å²) in [7, 11) is 0. The van der Waals surface area contributed by atoms with Gasteiger partial charge in [0.2, 0.25) is 5.88 Å². The van der Waals surface area contributed by atoms with E-state index in [1.165, 1.54) is 0 Å². The standard InChI is InChI=1S/C13H12N4O/c1-2-18-13-6-5-10(9-16-13)17-11-4-3-7-15-12(11)8-14/h3-7,9,17H,2H2,1H3. The van der Waals surface area contributed by atoms with Crippen molar-refractivity contribution in [3.8, 4) is 11.9 Å². The maximum atomic E-state index is 8.92. The maximum Gasteiger partial charge on any atom is 0.213 e. The molecule has 0 aromatic carbocycles. The number of aromatic nitrogens is 2. The van der Waals surface area contributed by atoms with E-state index >= 15 is 0 Å². The van der Waals surface area contributed by atoms with Gasteiger partial charge in [0.05, 0.1) is 24.2 Å². The summed E-state index contributed by atoms with van der Waals surface area (Å²) < 4.78 is 5.25. The Morgan fingerprint density at radius 3 is 2.89 bits per heavy atom. The molecule has 90 valence electrons. The lowest BCUT2D eigenvalue weighted by Crippen LogP contribution is -1.97. The van der Waals surface area contributed by atoms with E-state index < -0.39 is 0 Å². The van der Waals surface area contributed by atoms with Crippen molar-refractivity contribution in [2.75, 3.05) is 11.9 Å². The first-order valence-electron chi connectivity index (χ1n) is 5.54. The lowest BCUT2D eigenvalue weighted by molar-refractivity contribution is 0.327. The summed E-state index contributed by atoms with van der Waals surface area (Å²) in [6, 6.07) is 9.20. The smallest absolute Gasteiger partial charge is 0.213 e. The van der Waals surface area contributed by atoms with Crippen LogP contribution in [-0.2, 0) is 0 Å². The lowest BCUT2D eigenvalue weighted by atomic mass is 10.3. The molecule has 0 aliphatic carbocycles. The van der Waals surface area contributed by atoms with Crippen LogP contribution in [0.3, 0.4) is 0 Å². The molecule has 0 unspecified atom stereocenters. The number of anilines is 2. The number of rotatable bonds is 4. The van der Waals surface area contributed by atoms with Crippen LogP contribution in [0.25, 0.3) is 0 Å². The molecule has 0 amide bonds. The monoisotopic (exact) mass is 240 g/mol. The zero-order chi connectivity index (χ0) is 12.8. The van der Waals surface area contributed by atoms with Gasteiger partial charge in [-0.15, -0.1) is 0 Å². The van der Waals surface area contributed by atoms with Crippen molar-refractivity contribution in [1.82, 2.24) is 9.97 Å². The van der Waals surface area contributed by atoms with Crippen molar-refractivity contribution in [3.63, 3.8) is 0 Å². The van der Waals surface area contributed by atoms with E-state index in [-0.39, 0.29) is 0 Å². The van der Waals surface area contributed by atoms with Crippen molar-refractivity contribution in [3.05, 3.63) is 42.4 Å². The predicted molar refractivity (Wildman–Crippen MR) is 67.6 cm³/mol. The Labute approximate surface area is 105 Å². The topological polar surface area (TPSA) is 70.8 Å². The Morgan fingerprint density at radius 2 is 2.22 bits per heavy atom. The van der Waals surface area contributed by atoms with Gasteiger partial charge in [-0.25, -0.2) is 9.97 Å². The fourth-order valence-corrected chi connectivity index (χ4v) is 1.44. The van der Waals surface area contributed by atoms with Crippen LogP contribution >= 0.6 is 0 Å². The molecule has 0 spiro atoms. The van der Waals surface area contributed by atoms with Gasteiger partial charge in [-0.1, -0.05) is 0 Å². The van der Waals surface area contributed by atoms with Gasteiger partial charge in [-0.3, -0.25) is 0 Å². The largest absolute Gasteiger partial charge is 0.478 e. The fraction of sp³-hybridized carbons (Fsp3) is 0.154. The van der Waals surface area contributed by atoms with E-state index in [9.17, 15) is 0 Å². The Morgan fingerprint density at radius 1 is 1.33 bits per heavy atom. The summed E-state index contributed by atoms with van der Waals surface area (Å²) in [6.45, 7) is 2.49. The Hall–Kier alpha value is -2.61. The van der Waals surface area contributed by atoms with Gasteiger partial charge in [0, 0.05) is 12.3 Å². The molecule has 0 saturated heterocycles. The molecule has 2 aromatic rings. The van der Waals surface area contributed by atoms with E-state index in [1.807, 2.05) is 19.1 Å². The van der Waals surface area contributed by atoms with Crippen molar-refractivity contribution < 1.29 is 4.74 Å². The maximum absolute atomic E-state index is 8.92. The van der Waals surface area contributed by atoms with E-state index in [0.29, 0.717) is 23.9 Å². The van der Waals surface area contributed by atoms with Crippen molar-refractivity contribution in [2.24, 2.45) is 0 Å². The molecule has 2 aromatic heterocycles. The van der Waals surface area contributed by atoms with Gasteiger partial charge < -0.3 is 10.1 Å². The Balaban J connectivity index is 2.16. The number of nitriles is 1. The minimum atomic E-state index is 0.353. The second kappa shape index (κ2) is 5.64. The number of ether oxygens (including phenoxy) is 1. The quantitative estimate of drug-likeness (QED) is 0.889. The van der Waals surface area contributed by atoms with E-state index in [1.54, 1.807) is 30.6 Å². The van der Waals surface area contributed by atoms with Crippen LogP contribution < -0.4 is 10.1 Å². The van der Waals surface area contributed by atoms with E-state index in [2.05, 4.69) is 15.3 Å². The average Bonchev–Trinajstić information content (AvgIpc) is 2.42. The molecule has 0 bridgehead atoms. The van der Waals surface area contributed by atoms with Gasteiger partial charge in [-0.2, -0.15) is 5.26 Å². The summed E-state index contributed by atoms with van der Waals surface area (Å²) >= 11 is 0. The highest BCUT2D eigenvalue weighted by atomic mass is 16.5. The van der Waals surface area contributed by atoms with Gasteiger partial charge in [0.1, 0.15) is 6.07 Å². The minimum Gasteiger partial charge on any atom is -0.478 e. The third-order valence-electron chi connectivity index (χ3n) is 2.22. The van der Waals surface area contributed by atoms with Crippen LogP contribution in [0, 0.1) is 11.3 Å². The molecule has 0 saturated carbocycles. The normalized spacial score (nSPS) is 9.56. The first kappa shape index (κ1) is 11.9. The fourth-order valence-electron chi connectivity index (χ4n) is 1.44. The molecule has 1 N–H and O–H groups in total. The molecule has 18 heavy (non-hydrogen) atoms. The van der Waals surface area contributed by atoms with Gasteiger partial charge in [0.15, 0.2) is 5.69 Å². The van der Waals surface area contributed by atoms with Crippen molar-refractivity contribution >= 4 is 11.4 Å². The Bertz CT molecular complexity index is 560. The van der Waals surface area contributed by atoms with Crippen molar-refractivity contribution in [2.45, 2.75) is 6.92 Å². The van der Waals surface area contributed by atoms with Crippen LogP contribution in [0.2, 0.25) is 0 Å². The summed E-state index contributed by atoms with van der Waals surface area (Å²) in [5, 5.41) is 12.0. The molecule has 5 nitrogen and oxygen atoms in total. The highest BCUT2D eigenvalue weighted by Gasteiger charge is 2.03. The van der Waals surface area contributed by atoms with Gasteiger partial charge in [-0.05, 0) is 25.1 Å². The SMILES string of the molecule is CCOc1ccc(Nc2cccnc2C#N)cn1. The van der Waals surface area contributed by atoms with Crippen LogP contribution in [0.4, 0.5) is 11.4 Å². The molecule has 0 aliphatic rings. The molecule has 5 heteroatoms. The second-order valence-electron chi connectivity index (χ2n) is 3.45. The third-order valence-corrected chi connectivity index (χ3v) is 2.22. The molecule has 2 rings (SSSR count). The average molecular weight is 240 g/mol. The molecule has 0 aliphatic heterocycles. The highest BCUT2D eigenvalue weighted by molar-refractivity contribution is 5.63. The summed E-state index contributed by atoms with van der Waals surface area (Å²) in [5.41, 5.74) is 1.79. The zero-order valence-corrected chi connectivity index (χ0v) is 9.92. The minimum absolute atomic E-state index is 0.353. The van der Waals surface area contributed by atoms with Crippen molar-refractivity contribution in [1.29, 1.82) is 5.26 Å². The number of nitrogens with zero attached hydrogens (tertiary/aromatic N) is 3. The van der Waals surface area contributed by atoms with Gasteiger partial charge in [0.25, 0.3) is 0 Å². The van der Waals surface area contributed by atoms with Crippen LogP contribution in [0.1, 0.15) is 12.6 Å². The number of nitrogens with one attached hydrogen (secondary N) is 1. The zero-order valence-electron chi connectivity index (χ0n) is 9.92. The van der Waals surface area contributed by atoms with Crippen LogP contribution in [0.15, 0.2) is 36.7 Å². The molecule has 2 heterocycles.